The van der Waals surface area contributed by atoms with Gasteiger partial charge >= 0.3 is 5.69 Å². The van der Waals surface area contributed by atoms with Gasteiger partial charge in [-0.15, -0.1) is 0 Å². The summed E-state index contributed by atoms with van der Waals surface area (Å²) in [6, 6.07) is 4.67. The molecule has 0 spiro atoms. The van der Waals surface area contributed by atoms with E-state index in [-0.39, 0.29) is 23.8 Å². The SMILES string of the molecule is CCCC(=O)COc1c(C)cccc1[N+](=O)[O-]. The number of Topliss-reactive ketones (excluding diaryl/α,β-unsaturated/α-hetero) is 1. The summed E-state index contributed by atoms with van der Waals surface area (Å²) in [5, 5.41) is 10.8. The van der Waals surface area contributed by atoms with E-state index in [0.717, 1.165) is 6.42 Å². The molecular weight excluding hydrogens is 222 g/mol. The smallest absolute Gasteiger partial charge is 0.311 e. The first-order chi connectivity index (χ1) is 8.06. The molecule has 1 aromatic rings. The van der Waals surface area contributed by atoms with Crippen LogP contribution in [-0.2, 0) is 4.79 Å². The Morgan fingerprint density at radius 3 is 2.76 bits per heavy atom. The van der Waals surface area contributed by atoms with Crippen molar-refractivity contribution in [3.8, 4) is 5.75 Å². The maximum absolute atomic E-state index is 11.3. The molecule has 0 unspecified atom stereocenters. The lowest BCUT2D eigenvalue weighted by Crippen LogP contribution is -2.12. The molecule has 0 bridgehead atoms. The van der Waals surface area contributed by atoms with Gasteiger partial charge in [-0.1, -0.05) is 19.1 Å². The standard InChI is InChI=1S/C12H15NO4/c1-3-5-10(14)8-17-12-9(2)6-4-7-11(12)13(15)16/h4,6-7H,3,5,8H2,1-2H3. The summed E-state index contributed by atoms with van der Waals surface area (Å²) in [4.78, 5) is 21.6. The minimum atomic E-state index is -0.507. The van der Waals surface area contributed by atoms with Crippen molar-refractivity contribution in [2.45, 2.75) is 26.7 Å². The molecule has 92 valence electrons. The highest BCUT2D eigenvalue weighted by Gasteiger charge is 2.17. The Balaban J connectivity index is 2.82. The molecule has 0 aliphatic heterocycles. The Bertz CT molecular complexity index is 429. The number of hydrogen-bond acceptors (Lipinski definition) is 4. The average Bonchev–Trinajstić information content (AvgIpc) is 2.27. The van der Waals surface area contributed by atoms with Gasteiger partial charge in [0.05, 0.1) is 4.92 Å². The molecule has 0 fully saturated rings. The van der Waals surface area contributed by atoms with Crippen LogP contribution in [0.3, 0.4) is 0 Å². The first-order valence-electron chi connectivity index (χ1n) is 5.44. The predicted octanol–water partition coefficient (Wildman–Crippen LogP) is 2.65. The van der Waals surface area contributed by atoms with Crippen LogP contribution in [0.1, 0.15) is 25.3 Å². The van der Waals surface area contributed by atoms with Crippen LogP contribution in [0.25, 0.3) is 0 Å². The van der Waals surface area contributed by atoms with Crippen molar-refractivity contribution in [1.82, 2.24) is 0 Å². The van der Waals surface area contributed by atoms with E-state index in [0.29, 0.717) is 12.0 Å². The summed E-state index contributed by atoms with van der Waals surface area (Å²) in [5.74, 6) is 0.131. The van der Waals surface area contributed by atoms with E-state index in [2.05, 4.69) is 0 Å². The van der Waals surface area contributed by atoms with Crippen LogP contribution in [0.5, 0.6) is 5.75 Å². The highest BCUT2D eigenvalue weighted by Crippen LogP contribution is 2.30. The molecule has 0 N–H and O–H groups in total. The fourth-order valence-electron chi connectivity index (χ4n) is 1.47. The fourth-order valence-corrected chi connectivity index (χ4v) is 1.47. The quantitative estimate of drug-likeness (QED) is 0.563. The highest BCUT2D eigenvalue weighted by atomic mass is 16.6. The van der Waals surface area contributed by atoms with Gasteiger partial charge in [0.15, 0.2) is 11.5 Å². The third kappa shape index (κ3) is 3.55. The van der Waals surface area contributed by atoms with E-state index < -0.39 is 4.92 Å². The van der Waals surface area contributed by atoms with Gasteiger partial charge in [-0.2, -0.15) is 0 Å². The molecule has 0 amide bonds. The van der Waals surface area contributed by atoms with Crippen molar-refractivity contribution < 1.29 is 14.5 Å². The maximum Gasteiger partial charge on any atom is 0.311 e. The number of para-hydroxylation sites is 1. The van der Waals surface area contributed by atoms with Crippen LogP contribution in [0.2, 0.25) is 0 Å². The molecule has 0 atom stereocenters. The lowest BCUT2D eigenvalue weighted by Gasteiger charge is -2.08. The topological polar surface area (TPSA) is 69.4 Å². The number of hydrogen-bond donors (Lipinski definition) is 0. The Labute approximate surface area is 99.5 Å². The molecule has 0 saturated carbocycles. The Kier molecular flexibility index (Phi) is 4.63. The third-order valence-electron chi connectivity index (χ3n) is 2.29. The zero-order chi connectivity index (χ0) is 12.8. The first-order valence-corrected chi connectivity index (χ1v) is 5.44. The summed E-state index contributed by atoms with van der Waals surface area (Å²) >= 11 is 0. The second-order valence-electron chi connectivity index (χ2n) is 3.76. The van der Waals surface area contributed by atoms with Gasteiger partial charge < -0.3 is 4.74 Å². The number of nitro groups is 1. The van der Waals surface area contributed by atoms with Gasteiger partial charge in [0.2, 0.25) is 0 Å². The maximum atomic E-state index is 11.3. The lowest BCUT2D eigenvalue weighted by atomic mass is 10.2. The zero-order valence-corrected chi connectivity index (χ0v) is 9.93. The van der Waals surface area contributed by atoms with Gasteiger partial charge in [-0.05, 0) is 18.9 Å². The molecule has 1 rings (SSSR count). The monoisotopic (exact) mass is 237 g/mol. The number of carbonyl (C=O) groups is 1. The second-order valence-corrected chi connectivity index (χ2v) is 3.76. The van der Waals surface area contributed by atoms with Crippen LogP contribution in [0, 0.1) is 17.0 Å². The normalized spacial score (nSPS) is 10.0. The van der Waals surface area contributed by atoms with Crippen LogP contribution in [0.15, 0.2) is 18.2 Å². The van der Waals surface area contributed by atoms with Gasteiger partial charge in [0.1, 0.15) is 6.61 Å². The summed E-state index contributed by atoms with van der Waals surface area (Å²) < 4.78 is 5.25. The number of ether oxygens (including phenoxy) is 1. The van der Waals surface area contributed by atoms with Gasteiger partial charge in [-0.3, -0.25) is 14.9 Å². The number of aryl methyl sites for hydroxylation is 1. The minimum Gasteiger partial charge on any atom is -0.479 e. The molecule has 1 aromatic carbocycles. The Morgan fingerprint density at radius 1 is 1.47 bits per heavy atom. The summed E-state index contributed by atoms with van der Waals surface area (Å²) in [6.45, 7) is 3.50. The molecule has 0 saturated heterocycles. The van der Waals surface area contributed by atoms with Gasteiger partial charge in [-0.25, -0.2) is 0 Å². The van der Waals surface area contributed by atoms with Crippen molar-refractivity contribution in [3.63, 3.8) is 0 Å². The number of rotatable bonds is 6. The Hall–Kier alpha value is -1.91. The molecular formula is C12H15NO4. The van der Waals surface area contributed by atoms with Crippen LogP contribution in [0.4, 0.5) is 5.69 Å². The summed E-state index contributed by atoms with van der Waals surface area (Å²) in [7, 11) is 0. The van der Waals surface area contributed by atoms with Crippen LogP contribution in [-0.4, -0.2) is 17.3 Å². The molecule has 5 nitrogen and oxygen atoms in total. The third-order valence-corrected chi connectivity index (χ3v) is 2.29. The van der Waals surface area contributed by atoms with E-state index in [1.165, 1.54) is 6.07 Å². The second kappa shape index (κ2) is 5.98. The molecule has 0 aliphatic carbocycles. The average molecular weight is 237 g/mol. The Morgan fingerprint density at radius 2 is 2.18 bits per heavy atom. The van der Waals surface area contributed by atoms with Crippen molar-refractivity contribution >= 4 is 11.5 Å². The van der Waals surface area contributed by atoms with E-state index in [9.17, 15) is 14.9 Å². The number of nitro benzene ring substituents is 1. The molecule has 0 heterocycles. The summed E-state index contributed by atoms with van der Waals surface area (Å²) in [6.07, 6.45) is 1.18. The van der Waals surface area contributed by atoms with E-state index in [4.69, 9.17) is 4.74 Å². The number of benzene rings is 1. The predicted molar refractivity (Wildman–Crippen MR) is 63.2 cm³/mol. The van der Waals surface area contributed by atoms with Crippen LogP contribution < -0.4 is 4.74 Å². The van der Waals surface area contributed by atoms with Crippen molar-refractivity contribution in [3.05, 3.63) is 33.9 Å². The zero-order valence-electron chi connectivity index (χ0n) is 9.93. The largest absolute Gasteiger partial charge is 0.479 e. The fraction of sp³-hybridized carbons (Fsp3) is 0.417. The van der Waals surface area contributed by atoms with Gasteiger partial charge in [0, 0.05) is 12.5 Å². The molecule has 0 radical (unpaired) electrons. The number of ketones is 1. The highest BCUT2D eigenvalue weighted by molar-refractivity contribution is 5.80. The van der Waals surface area contributed by atoms with E-state index in [1.54, 1.807) is 19.1 Å². The summed E-state index contributed by atoms with van der Waals surface area (Å²) in [5.41, 5.74) is 0.554. The van der Waals surface area contributed by atoms with E-state index in [1.807, 2.05) is 6.92 Å². The van der Waals surface area contributed by atoms with E-state index >= 15 is 0 Å². The molecule has 5 heteroatoms. The number of nitrogens with zero attached hydrogens (tertiary/aromatic N) is 1. The van der Waals surface area contributed by atoms with Crippen molar-refractivity contribution in [2.75, 3.05) is 6.61 Å². The molecule has 0 aliphatic rings. The van der Waals surface area contributed by atoms with Crippen molar-refractivity contribution in [1.29, 1.82) is 0 Å². The first kappa shape index (κ1) is 13.2. The van der Waals surface area contributed by atoms with Crippen molar-refractivity contribution in [2.24, 2.45) is 0 Å². The van der Waals surface area contributed by atoms with Gasteiger partial charge in [0.25, 0.3) is 0 Å². The minimum absolute atomic E-state index is 0.0509. The number of carbonyl (C=O) groups excluding carboxylic acids is 1. The molecule has 17 heavy (non-hydrogen) atoms. The lowest BCUT2D eigenvalue weighted by molar-refractivity contribution is -0.385. The molecule has 0 aromatic heterocycles. The van der Waals surface area contributed by atoms with Crippen LogP contribution >= 0.6 is 0 Å².